The first kappa shape index (κ1) is 22.5. The minimum atomic E-state index is -0.265. The summed E-state index contributed by atoms with van der Waals surface area (Å²) in [6.07, 6.45) is 0.251. The summed E-state index contributed by atoms with van der Waals surface area (Å²) in [5.74, 6) is 2.13. The van der Waals surface area contributed by atoms with E-state index in [9.17, 15) is 4.79 Å². The van der Waals surface area contributed by atoms with E-state index in [4.69, 9.17) is 13.7 Å². The van der Waals surface area contributed by atoms with Crippen LogP contribution in [0.4, 0.5) is 0 Å². The van der Waals surface area contributed by atoms with Crippen LogP contribution < -0.4 is 10.1 Å². The fraction of sp³-hybridized carbons (Fsp3) is 0.172. The Morgan fingerprint density at radius 3 is 2.40 bits per heavy atom. The number of amides is 1. The van der Waals surface area contributed by atoms with Gasteiger partial charge in [0.15, 0.2) is 0 Å². The number of furan rings is 1. The summed E-state index contributed by atoms with van der Waals surface area (Å²) < 4.78 is 16.6. The molecule has 1 unspecified atom stereocenters. The van der Waals surface area contributed by atoms with Gasteiger partial charge in [-0.2, -0.15) is 0 Å². The molecule has 1 N–H and O–H groups in total. The molecule has 0 aliphatic carbocycles. The second-order valence-electron chi connectivity index (χ2n) is 8.54. The van der Waals surface area contributed by atoms with Gasteiger partial charge in [0.25, 0.3) is 0 Å². The minimum Gasteiger partial charge on any atom is -0.497 e. The van der Waals surface area contributed by atoms with Gasteiger partial charge >= 0.3 is 0 Å². The number of aryl methyl sites for hydroxylation is 2. The van der Waals surface area contributed by atoms with Gasteiger partial charge in [-0.1, -0.05) is 53.7 Å². The number of fused-ring (bicyclic) bond motifs is 1. The zero-order chi connectivity index (χ0) is 24.4. The predicted molar refractivity (Wildman–Crippen MR) is 134 cm³/mol. The largest absolute Gasteiger partial charge is 0.497 e. The lowest BCUT2D eigenvalue weighted by Crippen LogP contribution is -2.30. The van der Waals surface area contributed by atoms with E-state index in [0.717, 1.165) is 44.7 Å². The van der Waals surface area contributed by atoms with Gasteiger partial charge in [0.05, 0.1) is 30.8 Å². The molecule has 0 bridgehead atoms. The van der Waals surface area contributed by atoms with E-state index in [-0.39, 0.29) is 18.4 Å². The standard InChI is InChI=1S/C29H26N2O4/c1-18-28(19(2)35-31-18)26-17-23-15-20(9-14-25(23)34-26)16-27(32)30-29(21-7-5-4-6-8-21)22-10-12-24(33-3)13-11-22/h4-15,17,29H,16H2,1-3H3,(H,30,32). The number of aromatic nitrogens is 1. The van der Waals surface area contributed by atoms with Gasteiger partial charge in [-0.3, -0.25) is 4.79 Å². The molecule has 0 saturated heterocycles. The average molecular weight is 467 g/mol. The number of carbonyl (C=O) groups is 1. The third-order valence-electron chi connectivity index (χ3n) is 6.11. The fourth-order valence-corrected chi connectivity index (χ4v) is 4.36. The molecule has 0 fully saturated rings. The van der Waals surface area contributed by atoms with Crippen molar-refractivity contribution in [2.45, 2.75) is 26.3 Å². The maximum absolute atomic E-state index is 13.1. The molecule has 6 nitrogen and oxygen atoms in total. The Kier molecular flexibility index (Phi) is 6.10. The second-order valence-corrected chi connectivity index (χ2v) is 8.54. The molecule has 5 rings (SSSR count). The molecule has 35 heavy (non-hydrogen) atoms. The normalized spacial score (nSPS) is 12.0. The minimum absolute atomic E-state index is 0.0662. The number of carbonyl (C=O) groups excluding carboxylic acids is 1. The molecule has 2 aromatic heterocycles. The lowest BCUT2D eigenvalue weighted by Gasteiger charge is -2.20. The summed E-state index contributed by atoms with van der Waals surface area (Å²) in [4.78, 5) is 13.1. The summed E-state index contributed by atoms with van der Waals surface area (Å²) in [6, 6.07) is 25.2. The van der Waals surface area contributed by atoms with E-state index in [1.807, 2.05) is 92.7 Å². The molecule has 0 aliphatic heterocycles. The number of hydrogen-bond acceptors (Lipinski definition) is 5. The van der Waals surface area contributed by atoms with Gasteiger partial charge in [-0.15, -0.1) is 0 Å². The summed E-state index contributed by atoms with van der Waals surface area (Å²) in [7, 11) is 1.64. The maximum atomic E-state index is 13.1. The number of rotatable bonds is 7. The van der Waals surface area contributed by atoms with Crippen molar-refractivity contribution in [1.29, 1.82) is 0 Å². The van der Waals surface area contributed by atoms with Crippen molar-refractivity contribution < 1.29 is 18.5 Å². The van der Waals surface area contributed by atoms with Crippen LogP contribution in [0.5, 0.6) is 5.75 Å². The van der Waals surface area contributed by atoms with Crippen LogP contribution >= 0.6 is 0 Å². The van der Waals surface area contributed by atoms with E-state index < -0.39 is 0 Å². The van der Waals surface area contributed by atoms with Crippen molar-refractivity contribution in [1.82, 2.24) is 10.5 Å². The summed E-state index contributed by atoms with van der Waals surface area (Å²) in [6.45, 7) is 3.75. The number of nitrogens with zero attached hydrogens (tertiary/aromatic N) is 1. The van der Waals surface area contributed by atoms with Crippen LogP contribution in [-0.2, 0) is 11.2 Å². The quantitative estimate of drug-likeness (QED) is 0.311. The highest BCUT2D eigenvalue weighted by Crippen LogP contribution is 2.32. The van der Waals surface area contributed by atoms with E-state index in [1.54, 1.807) is 7.11 Å². The Bertz CT molecular complexity index is 1450. The van der Waals surface area contributed by atoms with Crippen molar-refractivity contribution >= 4 is 16.9 Å². The Morgan fingerprint density at radius 1 is 0.971 bits per heavy atom. The van der Waals surface area contributed by atoms with E-state index >= 15 is 0 Å². The maximum Gasteiger partial charge on any atom is 0.225 e. The molecule has 0 saturated carbocycles. The van der Waals surface area contributed by atoms with Crippen LogP contribution in [0.15, 0.2) is 87.8 Å². The first-order valence-electron chi connectivity index (χ1n) is 11.5. The fourth-order valence-electron chi connectivity index (χ4n) is 4.36. The molecule has 1 atom stereocenters. The zero-order valence-corrected chi connectivity index (χ0v) is 19.9. The van der Waals surface area contributed by atoms with Gasteiger partial charge in [0, 0.05) is 5.39 Å². The summed E-state index contributed by atoms with van der Waals surface area (Å²) in [5, 5.41) is 8.14. The molecule has 0 aliphatic rings. The van der Waals surface area contributed by atoms with Crippen LogP contribution in [0.3, 0.4) is 0 Å². The molecular weight excluding hydrogens is 440 g/mol. The summed E-state index contributed by atoms with van der Waals surface area (Å²) >= 11 is 0. The van der Waals surface area contributed by atoms with Gasteiger partial charge in [-0.25, -0.2) is 0 Å². The summed E-state index contributed by atoms with van der Waals surface area (Å²) in [5.41, 5.74) is 5.31. The molecule has 6 heteroatoms. The number of methoxy groups -OCH3 is 1. The first-order valence-corrected chi connectivity index (χ1v) is 11.5. The van der Waals surface area contributed by atoms with Gasteiger partial charge in [-0.05, 0) is 60.9 Å². The van der Waals surface area contributed by atoms with Crippen molar-refractivity contribution in [2.75, 3.05) is 7.11 Å². The Hall–Kier alpha value is -4.32. The predicted octanol–water partition coefficient (Wildman–Crippen LogP) is 6.16. The molecule has 0 radical (unpaired) electrons. The smallest absolute Gasteiger partial charge is 0.225 e. The van der Waals surface area contributed by atoms with Gasteiger partial charge < -0.3 is 19.0 Å². The highest BCUT2D eigenvalue weighted by molar-refractivity contribution is 5.86. The van der Waals surface area contributed by atoms with Crippen molar-refractivity contribution in [3.63, 3.8) is 0 Å². The number of nitrogens with one attached hydrogen (secondary N) is 1. The van der Waals surface area contributed by atoms with E-state index in [1.165, 1.54) is 0 Å². The van der Waals surface area contributed by atoms with Gasteiger partial charge in [0.1, 0.15) is 22.9 Å². The second kappa shape index (κ2) is 9.50. The molecular formula is C29H26N2O4. The van der Waals surface area contributed by atoms with Crippen LogP contribution in [0.1, 0.15) is 34.2 Å². The van der Waals surface area contributed by atoms with Crippen molar-refractivity contribution in [3.05, 3.63) is 107 Å². The van der Waals surface area contributed by atoms with Crippen LogP contribution in [0, 0.1) is 13.8 Å². The van der Waals surface area contributed by atoms with Crippen LogP contribution in [-0.4, -0.2) is 18.2 Å². The highest BCUT2D eigenvalue weighted by atomic mass is 16.5. The van der Waals surface area contributed by atoms with E-state index in [2.05, 4.69) is 10.5 Å². The molecule has 2 heterocycles. The number of hydrogen-bond donors (Lipinski definition) is 1. The molecule has 0 spiro atoms. The lowest BCUT2D eigenvalue weighted by molar-refractivity contribution is -0.120. The van der Waals surface area contributed by atoms with Crippen molar-refractivity contribution in [2.24, 2.45) is 0 Å². The lowest BCUT2D eigenvalue weighted by atomic mass is 9.98. The third-order valence-corrected chi connectivity index (χ3v) is 6.11. The Balaban J connectivity index is 1.37. The molecule has 176 valence electrons. The molecule has 3 aromatic carbocycles. The van der Waals surface area contributed by atoms with Crippen LogP contribution in [0.25, 0.3) is 22.3 Å². The number of ether oxygens (including phenoxy) is 1. The van der Waals surface area contributed by atoms with E-state index in [0.29, 0.717) is 11.5 Å². The average Bonchev–Trinajstić information content (AvgIpc) is 3.44. The zero-order valence-electron chi connectivity index (χ0n) is 19.9. The monoisotopic (exact) mass is 466 g/mol. The van der Waals surface area contributed by atoms with Crippen molar-refractivity contribution in [3.8, 4) is 17.1 Å². The highest BCUT2D eigenvalue weighted by Gasteiger charge is 2.19. The third kappa shape index (κ3) is 4.68. The van der Waals surface area contributed by atoms with Crippen LogP contribution in [0.2, 0.25) is 0 Å². The Morgan fingerprint density at radius 2 is 1.71 bits per heavy atom. The van der Waals surface area contributed by atoms with Gasteiger partial charge in [0.2, 0.25) is 5.91 Å². The number of benzene rings is 3. The SMILES string of the molecule is COc1ccc(C(NC(=O)Cc2ccc3oc(-c4c(C)noc4C)cc3c2)c2ccccc2)cc1. The molecule has 5 aromatic rings. The topological polar surface area (TPSA) is 77.5 Å². The first-order chi connectivity index (χ1) is 17.0. The molecule has 1 amide bonds. The Labute approximate surface area is 203 Å².